The van der Waals surface area contributed by atoms with Gasteiger partial charge >= 0.3 is 0 Å². The van der Waals surface area contributed by atoms with E-state index in [1.165, 1.54) is 6.42 Å². The van der Waals surface area contributed by atoms with Crippen LogP contribution in [0.1, 0.15) is 44.3 Å². The van der Waals surface area contributed by atoms with Crippen molar-refractivity contribution in [2.45, 2.75) is 52.4 Å². The number of carbonyl (C=O) groups excluding carboxylic acids is 1. The Bertz CT molecular complexity index is 1170. The van der Waals surface area contributed by atoms with Crippen LogP contribution in [-0.2, 0) is 11.2 Å². The van der Waals surface area contributed by atoms with Gasteiger partial charge in [0.15, 0.2) is 0 Å². The van der Waals surface area contributed by atoms with Crippen molar-refractivity contribution in [2.75, 3.05) is 26.2 Å². The van der Waals surface area contributed by atoms with E-state index in [9.17, 15) is 4.79 Å². The molecule has 7 nitrogen and oxygen atoms in total. The van der Waals surface area contributed by atoms with E-state index in [0.717, 1.165) is 66.2 Å². The number of aromatic nitrogens is 3. The minimum Gasteiger partial charge on any atom is -0.368 e. The summed E-state index contributed by atoms with van der Waals surface area (Å²) in [6.07, 6.45) is 12.2. The zero-order chi connectivity index (χ0) is 23.1. The summed E-state index contributed by atoms with van der Waals surface area (Å²) in [5, 5.41) is 5.81. The van der Waals surface area contributed by atoms with Gasteiger partial charge in [0.25, 0.3) is 5.91 Å². The Balaban J connectivity index is 1.36. The molecule has 0 spiro atoms. The summed E-state index contributed by atoms with van der Waals surface area (Å²) in [4.78, 5) is 24.7. The van der Waals surface area contributed by atoms with Crippen molar-refractivity contribution in [1.29, 1.82) is 0 Å². The van der Waals surface area contributed by atoms with Crippen molar-refractivity contribution in [1.82, 2.24) is 29.3 Å². The molecule has 1 saturated heterocycles. The Morgan fingerprint density at radius 3 is 2.85 bits per heavy atom. The Labute approximate surface area is 197 Å². The van der Waals surface area contributed by atoms with Crippen molar-refractivity contribution in [3.8, 4) is 0 Å². The fourth-order valence-corrected chi connectivity index (χ4v) is 6.35. The first-order valence-corrected chi connectivity index (χ1v) is 13.1. The molecule has 0 bridgehead atoms. The second-order valence-electron chi connectivity index (χ2n) is 9.18. The third-order valence-corrected chi connectivity index (χ3v) is 8.23. The summed E-state index contributed by atoms with van der Waals surface area (Å²) in [6.45, 7) is 12.9. The lowest BCUT2D eigenvalue weighted by atomic mass is 10.1. The molecule has 2 unspecified atom stereocenters. The summed E-state index contributed by atoms with van der Waals surface area (Å²) in [5.41, 5.74) is 5.05. The highest BCUT2D eigenvalue weighted by Gasteiger charge is 2.32. The lowest BCUT2D eigenvalue weighted by Crippen LogP contribution is -2.52. The van der Waals surface area contributed by atoms with Crippen molar-refractivity contribution in [3.05, 3.63) is 59.5 Å². The molecule has 0 aromatic carbocycles. The molecule has 2 aromatic heterocycles. The predicted molar refractivity (Wildman–Crippen MR) is 134 cm³/mol. The molecule has 0 N–H and O–H groups in total. The molecule has 8 heteroatoms. The van der Waals surface area contributed by atoms with Gasteiger partial charge < -0.3 is 9.80 Å². The van der Waals surface area contributed by atoms with Gasteiger partial charge in [-0.1, -0.05) is 28.5 Å². The Hall–Kier alpha value is -2.50. The minimum atomic E-state index is 0.0374. The standard InChI is InChI=1S/C25H33N6OP/c1-5-9-28-10-11-29(15-18(28)4)19-7-8-25-30(16-19)24(32)13-23(33-25)21-12-22-20(6-2)26-17(3)14-31(22)27-21/h7-8,12-14,16,18,25,33H,5-6,9-11,15H2,1-4H3/t18-,25?/m1/s1. The molecule has 1 amide bonds. The van der Waals surface area contributed by atoms with E-state index in [1.54, 1.807) is 6.08 Å². The SMILES string of the molecule is CCCN1CCN(C2=CN3C(=O)C=C(c4cc5c(CC)nc(C)cn5n4)PC3C=C2)C[C@H]1C. The third kappa shape index (κ3) is 4.24. The van der Waals surface area contributed by atoms with Crippen LogP contribution < -0.4 is 0 Å². The number of hydrogen-bond acceptors (Lipinski definition) is 5. The van der Waals surface area contributed by atoms with Crippen LogP contribution in [0, 0.1) is 6.92 Å². The number of piperazine rings is 1. The maximum absolute atomic E-state index is 13.1. The van der Waals surface area contributed by atoms with E-state index < -0.39 is 0 Å². The predicted octanol–water partition coefficient (Wildman–Crippen LogP) is 3.62. The van der Waals surface area contributed by atoms with Crippen LogP contribution in [0.3, 0.4) is 0 Å². The molecule has 174 valence electrons. The largest absolute Gasteiger partial charge is 0.368 e. The molecule has 0 aliphatic carbocycles. The maximum Gasteiger partial charge on any atom is 0.252 e. The molecule has 0 saturated carbocycles. The summed E-state index contributed by atoms with van der Waals surface area (Å²) < 4.78 is 1.91. The van der Waals surface area contributed by atoms with Gasteiger partial charge in [0.05, 0.1) is 40.3 Å². The maximum atomic E-state index is 13.1. The highest BCUT2D eigenvalue weighted by Crippen LogP contribution is 2.44. The average Bonchev–Trinajstić information content (AvgIpc) is 3.24. The highest BCUT2D eigenvalue weighted by atomic mass is 31.1. The third-order valence-electron chi connectivity index (χ3n) is 6.75. The number of amides is 1. The van der Waals surface area contributed by atoms with Gasteiger partial charge in [-0.25, -0.2) is 4.52 Å². The van der Waals surface area contributed by atoms with Crippen LogP contribution in [0.15, 0.2) is 42.4 Å². The lowest BCUT2D eigenvalue weighted by molar-refractivity contribution is -0.123. The number of fused-ring (bicyclic) bond motifs is 2. The van der Waals surface area contributed by atoms with Gasteiger partial charge in [0.1, 0.15) is 0 Å². The van der Waals surface area contributed by atoms with Crippen LogP contribution in [0.4, 0.5) is 0 Å². The molecular weight excluding hydrogens is 431 g/mol. The van der Waals surface area contributed by atoms with Crippen molar-refractivity contribution < 1.29 is 4.79 Å². The van der Waals surface area contributed by atoms with Gasteiger partial charge in [0, 0.05) is 43.3 Å². The van der Waals surface area contributed by atoms with Crippen LogP contribution >= 0.6 is 8.58 Å². The van der Waals surface area contributed by atoms with E-state index >= 15 is 0 Å². The first kappa shape index (κ1) is 22.3. The molecule has 33 heavy (non-hydrogen) atoms. The molecule has 2 aromatic rings. The van der Waals surface area contributed by atoms with Gasteiger partial charge in [-0.15, -0.1) is 0 Å². The van der Waals surface area contributed by atoms with E-state index in [2.05, 4.69) is 60.0 Å². The first-order chi connectivity index (χ1) is 16.0. The fourth-order valence-electron chi connectivity index (χ4n) is 5.03. The normalized spacial score (nSPS) is 24.4. The average molecular weight is 465 g/mol. The lowest BCUT2D eigenvalue weighted by Gasteiger charge is -2.43. The molecule has 1 fully saturated rings. The number of rotatable bonds is 5. The molecular formula is C25H33N6OP. The van der Waals surface area contributed by atoms with Crippen LogP contribution in [0.25, 0.3) is 10.8 Å². The van der Waals surface area contributed by atoms with E-state index in [1.807, 2.05) is 22.5 Å². The molecule has 0 radical (unpaired) electrons. The van der Waals surface area contributed by atoms with E-state index in [4.69, 9.17) is 5.10 Å². The van der Waals surface area contributed by atoms with Gasteiger partial charge in [-0.3, -0.25) is 14.7 Å². The quantitative estimate of drug-likeness (QED) is 0.633. The smallest absolute Gasteiger partial charge is 0.252 e. The topological polar surface area (TPSA) is 57.0 Å². The number of hydrogen-bond donors (Lipinski definition) is 0. The monoisotopic (exact) mass is 464 g/mol. The molecule has 3 aliphatic heterocycles. The fraction of sp³-hybridized carbons (Fsp3) is 0.480. The summed E-state index contributed by atoms with van der Waals surface area (Å²) in [7, 11) is 0.467. The molecule has 3 aliphatic rings. The molecule has 5 heterocycles. The first-order valence-electron chi connectivity index (χ1n) is 12.0. The number of nitrogens with zero attached hydrogens (tertiary/aromatic N) is 6. The van der Waals surface area contributed by atoms with Gasteiger partial charge in [0.2, 0.25) is 0 Å². The Morgan fingerprint density at radius 2 is 2.09 bits per heavy atom. The van der Waals surface area contributed by atoms with Crippen molar-refractivity contribution in [2.24, 2.45) is 0 Å². The summed E-state index contributed by atoms with van der Waals surface area (Å²) >= 11 is 0. The summed E-state index contributed by atoms with van der Waals surface area (Å²) in [5.74, 6) is 0.103. The second-order valence-corrected chi connectivity index (χ2v) is 10.6. The van der Waals surface area contributed by atoms with Crippen molar-refractivity contribution >= 4 is 25.3 Å². The zero-order valence-electron chi connectivity index (χ0n) is 20.0. The van der Waals surface area contributed by atoms with Gasteiger partial charge in [-0.2, -0.15) is 5.10 Å². The minimum absolute atomic E-state index is 0.0374. The summed E-state index contributed by atoms with van der Waals surface area (Å²) in [6, 6.07) is 2.61. The Kier molecular flexibility index (Phi) is 6.11. The Morgan fingerprint density at radius 1 is 1.24 bits per heavy atom. The van der Waals surface area contributed by atoms with Crippen LogP contribution in [0.5, 0.6) is 0 Å². The second kappa shape index (κ2) is 9.03. The number of carbonyl (C=O) groups is 1. The molecule has 5 rings (SSSR count). The zero-order valence-corrected chi connectivity index (χ0v) is 21.0. The van der Waals surface area contributed by atoms with E-state index in [0.29, 0.717) is 14.6 Å². The van der Waals surface area contributed by atoms with Crippen molar-refractivity contribution in [3.63, 3.8) is 0 Å². The number of aryl methyl sites for hydroxylation is 2. The van der Waals surface area contributed by atoms with Crippen LogP contribution in [0.2, 0.25) is 0 Å². The number of allylic oxidation sites excluding steroid dienone is 1. The van der Waals surface area contributed by atoms with E-state index in [-0.39, 0.29) is 11.7 Å². The highest BCUT2D eigenvalue weighted by molar-refractivity contribution is 7.51. The van der Waals surface area contributed by atoms with Crippen LogP contribution in [-0.4, -0.2) is 73.2 Å². The molecule has 3 atom stereocenters. The van der Waals surface area contributed by atoms with Gasteiger partial charge in [-0.05, 0) is 45.4 Å².